The predicted molar refractivity (Wildman–Crippen MR) is 63.6 cm³/mol. The molecule has 96 valence electrons. The van der Waals surface area contributed by atoms with E-state index in [9.17, 15) is 13.2 Å². The van der Waals surface area contributed by atoms with Crippen molar-refractivity contribution in [1.82, 2.24) is 14.8 Å². The van der Waals surface area contributed by atoms with E-state index in [1.165, 1.54) is 13.1 Å². The van der Waals surface area contributed by atoms with Crippen molar-refractivity contribution in [3.63, 3.8) is 0 Å². The standard InChI is InChI=1S/C10H8BrF3N4/c1-18-7(4-8(17-18)10(12,13)14)6-3-2-5(15)9(11)16-6/h2-4H,15H2,1H3. The van der Waals surface area contributed by atoms with Gasteiger partial charge in [0.05, 0.1) is 17.1 Å². The highest BCUT2D eigenvalue weighted by Gasteiger charge is 2.34. The fourth-order valence-electron chi connectivity index (χ4n) is 1.43. The monoisotopic (exact) mass is 320 g/mol. The van der Waals surface area contributed by atoms with Crippen LogP contribution in [0.5, 0.6) is 0 Å². The third-order valence-electron chi connectivity index (χ3n) is 2.31. The van der Waals surface area contributed by atoms with Crippen molar-refractivity contribution in [2.24, 2.45) is 7.05 Å². The fraction of sp³-hybridized carbons (Fsp3) is 0.200. The second-order valence-electron chi connectivity index (χ2n) is 3.61. The third kappa shape index (κ3) is 2.33. The maximum Gasteiger partial charge on any atom is 0.435 e. The molecular weight excluding hydrogens is 313 g/mol. The molecule has 0 amide bonds. The average molecular weight is 321 g/mol. The van der Waals surface area contributed by atoms with Crippen LogP contribution in [-0.2, 0) is 13.2 Å². The van der Waals surface area contributed by atoms with Gasteiger partial charge in [-0.05, 0) is 34.1 Å². The van der Waals surface area contributed by atoms with Gasteiger partial charge in [-0.25, -0.2) is 4.98 Å². The Bertz CT molecular complexity index is 591. The molecule has 0 atom stereocenters. The smallest absolute Gasteiger partial charge is 0.397 e. The summed E-state index contributed by atoms with van der Waals surface area (Å²) in [6.45, 7) is 0. The molecule has 0 fully saturated rings. The van der Waals surface area contributed by atoms with Gasteiger partial charge >= 0.3 is 6.18 Å². The van der Waals surface area contributed by atoms with Gasteiger partial charge in [0.25, 0.3) is 0 Å². The van der Waals surface area contributed by atoms with Crippen molar-refractivity contribution >= 4 is 21.6 Å². The highest BCUT2D eigenvalue weighted by molar-refractivity contribution is 9.10. The number of aromatic nitrogens is 3. The summed E-state index contributed by atoms with van der Waals surface area (Å²) in [5, 5.41) is 3.42. The van der Waals surface area contributed by atoms with Crippen LogP contribution in [0.2, 0.25) is 0 Å². The number of alkyl halides is 3. The lowest BCUT2D eigenvalue weighted by atomic mass is 10.2. The van der Waals surface area contributed by atoms with Gasteiger partial charge in [0.15, 0.2) is 5.69 Å². The highest BCUT2D eigenvalue weighted by Crippen LogP contribution is 2.31. The Labute approximate surface area is 109 Å². The largest absolute Gasteiger partial charge is 0.435 e. The molecule has 8 heteroatoms. The van der Waals surface area contributed by atoms with Gasteiger partial charge in [-0.2, -0.15) is 18.3 Å². The van der Waals surface area contributed by atoms with Crippen LogP contribution in [0.15, 0.2) is 22.8 Å². The zero-order chi connectivity index (χ0) is 13.5. The first kappa shape index (κ1) is 12.9. The Morgan fingerprint density at radius 1 is 1.33 bits per heavy atom. The minimum Gasteiger partial charge on any atom is -0.397 e. The molecular formula is C10H8BrF3N4. The summed E-state index contributed by atoms with van der Waals surface area (Å²) >= 11 is 3.13. The topological polar surface area (TPSA) is 56.7 Å². The summed E-state index contributed by atoms with van der Waals surface area (Å²) < 4.78 is 39.1. The number of hydrogen-bond donors (Lipinski definition) is 1. The molecule has 0 saturated heterocycles. The predicted octanol–water partition coefficient (Wildman–Crippen LogP) is 2.85. The first-order valence-electron chi connectivity index (χ1n) is 4.82. The van der Waals surface area contributed by atoms with Crippen molar-refractivity contribution in [2.45, 2.75) is 6.18 Å². The Morgan fingerprint density at radius 3 is 2.50 bits per heavy atom. The Morgan fingerprint density at radius 2 is 2.00 bits per heavy atom. The molecule has 0 aliphatic heterocycles. The van der Waals surface area contributed by atoms with Crippen molar-refractivity contribution in [3.05, 3.63) is 28.5 Å². The van der Waals surface area contributed by atoms with Crippen LogP contribution < -0.4 is 5.73 Å². The highest BCUT2D eigenvalue weighted by atomic mass is 79.9. The number of aryl methyl sites for hydroxylation is 1. The number of rotatable bonds is 1. The van der Waals surface area contributed by atoms with Gasteiger partial charge in [0, 0.05) is 7.05 Å². The van der Waals surface area contributed by atoms with E-state index in [0.29, 0.717) is 16.0 Å². The van der Waals surface area contributed by atoms with Crippen LogP contribution >= 0.6 is 15.9 Å². The summed E-state index contributed by atoms with van der Waals surface area (Å²) in [5.41, 5.74) is 5.66. The average Bonchev–Trinajstić information content (AvgIpc) is 2.64. The summed E-state index contributed by atoms with van der Waals surface area (Å²) in [6, 6.07) is 4.05. The van der Waals surface area contributed by atoms with Crippen LogP contribution in [0.1, 0.15) is 5.69 Å². The SMILES string of the molecule is Cn1nc(C(F)(F)F)cc1-c1ccc(N)c(Br)n1. The van der Waals surface area contributed by atoms with E-state index in [2.05, 4.69) is 26.0 Å². The van der Waals surface area contributed by atoms with Crippen LogP contribution in [-0.4, -0.2) is 14.8 Å². The molecule has 2 rings (SSSR count). The lowest BCUT2D eigenvalue weighted by molar-refractivity contribution is -0.141. The normalized spacial score (nSPS) is 11.8. The van der Waals surface area contributed by atoms with E-state index >= 15 is 0 Å². The number of pyridine rings is 1. The molecule has 0 radical (unpaired) electrons. The molecule has 0 spiro atoms. The molecule has 2 aromatic heterocycles. The molecule has 0 bridgehead atoms. The molecule has 0 saturated carbocycles. The van der Waals surface area contributed by atoms with Gasteiger partial charge in [-0.15, -0.1) is 0 Å². The minimum atomic E-state index is -4.47. The van der Waals surface area contributed by atoms with Crippen LogP contribution in [0.3, 0.4) is 0 Å². The molecule has 4 nitrogen and oxygen atoms in total. The molecule has 0 aliphatic carbocycles. The summed E-state index contributed by atoms with van der Waals surface area (Å²) in [5.74, 6) is 0. The summed E-state index contributed by atoms with van der Waals surface area (Å²) in [4.78, 5) is 4.06. The van der Waals surface area contributed by atoms with E-state index in [0.717, 1.165) is 10.7 Å². The second-order valence-corrected chi connectivity index (χ2v) is 4.36. The quantitative estimate of drug-likeness (QED) is 0.822. The van der Waals surface area contributed by atoms with Gasteiger partial charge < -0.3 is 5.73 Å². The van der Waals surface area contributed by atoms with Crippen molar-refractivity contribution in [2.75, 3.05) is 5.73 Å². The fourth-order valence-corrected chi connectivity index (χ4v) is 1.76. The van der Waals surface area contributed by atoms with E-state index in [1.807, 2.05) is 0 Å². The molecule has 2 heterocycles. The first-order chi connectivity index (χ1) is 8.29. The molecule has 2 N–H and O–H groups in total. The van der Waals surface area contributed by atoms with Crippen molar-refractivity contribution in [3.8, 4) is 11.4 Å². The molecule has 2 aromatic rings. The zero-order valence-electron chi connectivity index (χ0n) is 9.16. The number of anilines is 1. The molecule has 0 aromatic carbocycles. The van der Waals surface area contributed by atoms with Crippen molar-refractivity contribution < 1.29 is 13.2 Å². The number of hydrogen-bond acceptors (Lipinski definition) is 3. The lowest BCUT2D eigenvalue weighted by Crippen LogP contribution is -2.06. The van der Waals surface area contributed by atoms with E-state index < -0.39 is 11.9 Å². The Hall–Kier alpha value is -1.57. The van der Waals surface area contributed by atoms with E-state index in [1.54, 1.807) is 6.07 Å². The molecule has 0 unspecified atom stereocenters. The minimum absolute atomic E-state index is 0.267. The van der Waals surface area contributed by atoms with Gasteiger partial charge in [-0.1, -0.05) is 0 Å². The number of nitrogen functional groups attached to an aromatic ring is 1. The van der Waals surface area contributed by atoms with Gasteiger partial charge in [-0.3, -0.25) is 4.68 Å². The molecule has 18 heavy (non-hydrogen) atoms. The van der Waals surface area contributed by atoms with Gasteiger partial charge in [0.2, 0.25) is 0 Å². The van der Waals surface area contributed by atoms with E-state index in [4.69, 9.17) is 5.73 Å². The maximum absolute atomic E-state index is 12.5. The number of nitrogens with two attached hydrogens (primary N) is 1. The lowest BCUT2D eigenvalue weighted by Gasteiger charge is -2.03. The number of halogens is 4. The number of nitrogens with zero attached hydrogens (tertiary/aromatic N) is 3. The maximum atomic E-state index is 12.5. The van der Waals surface area contributed by atoms with Gasteiger partial charge in [0.1, 0.15) is 4.60 Å². The second kappa shape index (κ2) is 4.27. The van der Waals surface area contributed by atoms with Crippen LogP contribution in [0, 0.1) is 0 Å². The Balaban J connectivity index is 2.51. The van der Waals surface area contributed by atoms with Crippen molar-refractivity contribution in [1.29, 1.82) is 0 Å². The molecule has 0 aliphatic rings. The van der Waals surface area contributed by atoms with Crippen LogP contribution in [0.4, 0.5) is 18.9 Å². The summed E-state index contributed by atoms with van der Waals surface area (Å²) in [6.07, 6.45) is -4.47. The third-order valence-corrected chi connectivity index (χ3v) is 2.95. The Kier molecular flexibility index (Phi) is 3.05. The van der Waals surface area contributed by atoms with E-state index in [-0.39, 0.29) is 5.69 Å². The first-order valence-corrected chi connectivity index (χ1v) is 5.62. The summed E-state index contributed by atoms with van der Waals surface area (Å²) in [7, 11) is 1.43. The van der Waals surface area contributed by atoms with Crippen LogP contribution in [0.25, 0.3) is 11.4 Å². The zero-order valence-corrected chi connectivity index (χ0v) is 10.7.